The van der Waals surface area contributed by atoms with Crippen molar-refractivity contribution in [3.05, 3.63) is 58.6 Å². The molecule has 0 saturated carbocycles. The largest absolute Gasteiger partial charge is 0.492 e. The molecule has 0 unspecified atom stereocenters. The molecule has 0 amide bonds. The van der Waals surface area contributed by atoms with E-state index in [0.717, 1.165) is 50.1 Å². The van der Waals surface area contributed by atoms with E-state index in [1.807, 2.05) is 12.1 Å². The van der Waals surface area contributed by atoms with Crippen molar-refractivity contribution in [1.82, 2.24) is 4.90 Å². The summed E-state index contributed by atoms with van der Waals surface area (Å²) in [5.74, 6) is 1.52. The van der Waals surface area contributed by atoms with Crippen molar-refractivity contribution >= 4 is 17.3 Å². The summed E-state index contributed by atoms with van der Waals surface area (Å²) >= 11 is 5.98. The molecule has 0 bridgehead atoms. The lowest BCUT2D eigenvalue weighted by Crippen LogP contribution is -2.47. The van der Waals surface area contributed by atoms with Gasteiger partial charge in [0.25, 0.3) is 0 Å². The SMILES string of the molecule is Cc1ccc(C(C)C)c(OCCN2CCN(c3ccc(Cl)cc3)CC2)c1. The van der Waals surface area contributed by atoms with Gasteiger partial charge in [-0.05, 0) is 54.3 Å². The van der Waals surface area contributed by atoms with Gasteiger partial charge in [-0.1, -0.05) is 37.6 Å². The monoisotopic (exact) mass is 372 g/mol. The number of nitrogens with zero attached hydrogens (tertiary/aromatic N) is 2. The smallest absolute Gasteiger partial charge is 0.123 e. The van der Waals surface area contributed by atoms with Gasteiger partial charge in [0.15, 0.2) is 0 Å². The summed E-state index contributed by atoms with van der Waals surface area (Å²) in [5, 5.41) is 0.793. The highest BCUT2D eigenvalue weighted by Gasteiger charge is 2.17. The maximum atomic E-state index is 6.14. The highest BCUT2D eigenvalue weighted by molar-refractivity contribution is 6.30. The van der Waals surface area contributed by atoms with E-state index < -0.39 is 0 Å². The summed E-state index contributed by atoms with van der Waals surface area (Å²) in [6.07, 6.45) is 0. The van der Waals surface area contributed by atoms with Crippen molar-refractivity contribution in [3.8, 4) is 5.75 Å². The number of rotatable bonds is 6. The quantitative estimate of drug-likeness (QED) is 0.711. The number of hydrogen-bond acceptors (Lipinski definition) is 3. The molecule has 1 aliphatic rings. The maximum Gasteiger partial charge on any atom is 0.123 e. The zero-order valence-corrected chi connectivity index (χ0v) is 16.8. The number of ether oxygens (including phenoxy) is 1. The third-order valence-electron chi connectivity index (χ3n) is 5.02. The molecule has 2 aromatic carbocycles. The van der Waals surface area contributed by atoms with Crippen LogP contribution in [0.1, 0.15) is 30.9 Å². The summed E-state index contributed by atoms with van der Waals surface area (Å²) in [6, 6.07) is 14.7. The van der Waals surface area contributed by atoms with Crippen molar-refractivity contribution in [2.75, 3.05) is 44.2 Å². The topological polar surface area (TPSA) is 15.7 Å². The Bertz CT molecular complexity index is 707. The molecule has 0 aromatic heterocycles. The molecule has 4 heteroatoms. The Morgan fingerprint density at radius 2 is 1.69 bits per heavy atom. The van der Waals surface area contributed by atoms with E-state index in [4.69, 9.17) is 16.3 Å². The normalized spacial score (nSPS) is 15.5. The van der Waals surface area contributed by atoms with Crippen LogP contribution >= 0.6 is 11.6 Å². The highest BCUT2D eigenvalue weighted by atomic mass is 35.5. The number of hydrogen-bond donors (Lipinski definition) is 0. The number of piperazine rings is 1. The Hall–Kier alpha value is -1.71. The Labute approximate surface area is 162 Å². The second kappa shape index (κ2) is 8.79. The molecule has 0 radical (unpaired) electrons. The third kappa shape index (κ3) is 4.93. The van der Waals surface area contributed by atoms with Gasteiger partial charge < -0.3 is 9.64 Å². The first-order chi connectivity index (χ1) is 12.5. The van der Waals surface area contributed by atoms with Crippen molar-refractivity contribution in [2.45, 2.75) is 26.7 Å². The van der Waals surface area contributed by atoms with E-state index in [0.29, 0.717) is 5.92 Å². The van der Waals surface area contributed by atoms with Crippen LogP contribution in [0.2, 0.25) is 5.02 Å². The molecule has 0 aliphatic carbocycles. The van der Waals surface area contributed by atoms with Crippen molar-refractivity contribution < 1.29 is 4.74 Å². The predicted molar refractivity (Wildman–Crippen MR) is 111 cm³/mol. The zero-order chi connectivity index (χ0) is 18.5. The molecule has 0 N–H and O–H groups in total. The van der Waals surface area contributed by atoms with Crippen LogP contribution in [-0.2, 0) is 0 Å². The van der Waals surface area contributed by atoms with Crippen LogP contribution in [-0.4, -0.2) is 44.2 Å². The van der Waals surface area contributed by atoms with Crippen LogP contribution in [0.4, 0.5) is 5.69 Å². The summed E-state index contributed by atoms with van der Waals surface area (Å²) in [5.41, 5.74) is 3.80. The predicted octanol–water partition coefficient (Wildman–Crippen LogP) is 4.97. The van der Waals surface area contributed by atoms with Gasteiger partial charge in [0.2, 0.25) is 0 Å². The summed E-state index contributed by atoms with van der Waals surface area (Å²) < 4.78 is 6.14. The minimum absolute atomic E-state index is 0.480. The second-order valence-electron chi connectivity index (χ2n) is 7.35. The number of benzene rings is 2. The van der Waals surface area contributed by atoms with Gasteiger partial charge in [-0.3, -0.25) is 4.90 Å². The van der Waals surface area contributed by atoms with Gasteiger partial charge in [0.1, 0.15) is 12.4 Å². The lowest BCUT2D eigenvalue weighted by atomic mass is 10.0. The Balaban J connectivity index is 1.47. The molecule has 140 valence electrons. The minimum atomic E-state index is 0.480. The maximum absolute atomic E-state index is 6.14. The van der Waals surface area contributed by atoms with Crippen LogP contribution in [0.3, 0.4) is 0 Å². The van der Waals surface area contributed by atoms with E-state index in [1.54, 1.807) is 0 Å². The van der Waals surface area contributed by atoms with E-state index in [9.17, 15) is 0 Å². The molecular weight excluding hydrogens is 344 g/mol. The Kier molecular flexibility index (Phi) is 6.44. The molecule has 3 rings (SSSR count). The minimum Gasteiger partial charge on any atom is -0.492 e. The van der Waals surface area contributed by atoms with Crippen molar-refractivity contribution in [3.63, 3.8) is 0 Å². The molecule has 3 nitrogen and oxygen atoms in total. The molecule has 26 heavy (non-hydrogen) atoms. The van der Waals surface area contributed by atoms with Crippen molar-refractivity contribution in [2.24, 2.45) is 0 Å². The van der Waals surface area contributed by atoms with E-state index in [1.165, 1.54) is 16.8 Å². The van der Waals surface area contributed by atoms with Crippen LogP contribution in [0.15, 0.2) is 42.5 Å². The number of anilines is 1. The first-order valence-corrected chi connectivity index (χ1v) is 9.87. The first-order valence-electron chi connectivity index (χ1n) is 9.49. The third-order valence-corrected chi connectivity index (χ3v) is 5.27. The summed E-state index contributed by atoms with van der Waals surface area (Å²) in [7, 11) is 0. The molecule has 0 spiro atoms. The van der Waals surface area contributed by atoms with Gasteiger partial charge in [-0.15, -0.1) is 0 Å². The first kappa shape index (κ1) is 19.1. The molecule has 1 fully saturated rings. The molecular formula is C22H29ClN2O. The van der Waals surface area contributed by atoms with Crippen LogP contribution in [0.25, 0.3) is 0 Å². The molecule has 1 heterocycles. The summed E-state index contributed by atoms with van der Waals surface area (Å²) in [6.45, 7) is 12.5. The van der Waals surface area contributed by atoms with Crippen LogP contribution < -0.4 is 9.64 Å². The average Bonchev–Trinajstić information content (AvgIpc) is 2.63. The lowest BCUT2D eigenvalue weighted by molar-refractivity contribution is 0.199. The standard InChI is InChI=1S/C22H29ClN2O/c1-17(2)21-9-4-18(3)16-22(21)26-15-14-24-10-12-25(13-11-24)20-7-5-19(23)6-8-20/h4-9,16-17H,10-15H2,1-3H3. The fraction of sp³-hybridized carbons (Fsp3) is 0.455. The van der Waals surface area contributed by atoms with Crippen LogP contribution in [0, 0.1) is 6.92 Å². The Morgan fingerprint density at radius 3 is 2.35 bits per heavy atom. The van der Waals surface area contributed by atoms with Crippen molar-refractivity contribution in [1.29, 1.82) is 0 Å². The second-order valence-corrected chi connectivity index (χ2v) is 7.79. The molecule has 0 atom stereocenters. The number of halogens is 1. The molecule has 2 aromatic rings. The van der Waals surface area contributed by atoms with Gasteiger partial charge in [0.05, 0.1) is 0 Å². The van der Waals surface area contributed by atoms with Gasteiger partial charge in [0, 0.05) is 43.4 Å². The van der Waals surface area contributed by atoms with Crippen LogP contribution in [0.5, 0.6) is 5.75 Å². The lowest BCUT2D eigenvalue weighted by Gasteiger charge is -2.36. The summed E-state index contributed by atoms with van der Waals surface area (Å²) in [4.78, 5) is 4.91. The number of aryl methyl sites for hydroxylation is 1. The fourth-order valence-electron chi connectivity index (χ4n) is 3.41. The van der Waals surface area contributed by atoms with E-state index in [-0.39, 0.29) is 0 Å². The zero-order valence-electron chi connectivity index (χ0n) is 16.0. The Morgan fingerprint density at radius 1 is 1.00 bits per heavy atom. The highest BCUT2D eigenvalue weighted by Crippen LogP contribution is 2.27. The molecule has 1 aliphatic heterocycles. The fourth-order valence-corrected chi connectivity index (χ4v) is 3.54. The molecule has 1 saturated heterocycles. The van der Waals surface area contributed by atoms with E-state index >= 15 is 0 Å². The van der Waals surface area contributed by atoms with Gasteiger partial charge >= 0.3 is 0 Å². The van der Waals surface area contributed by atoms with Gasteiger partial charge in [-0.2, -0.15) is 0 Å². The van der Waals surface area contributed by atoms with E-state index in [2.05, 4.69) is 60.9 Å². The van der Waals surface area contributed by atoms with Gasteiger partial charge in [-0.25, -0.2) is 0 Å². The average molecular weight is 373 g/mol.